The van der Waals surface area contributed by atoms with E-state index in [9.17, 15) is 95.9 Å². The number of alkyl halides is 18. The first kappa shape index (κ1) is 40.6. The Labute approximate surface area is 254 Å². The van der Waals surface area contributed by atoms with E-state index < -0.39 is 89.4 Å². The molecule has 26 heteroatoms. The molecule has 0 unspecified atom stereocenters. The molecule has 0 saturated carbocycles. The zero-order valence-electron chi connectivity index (χ0n) is 21.8. The molecule has 0 fully saturated rings. The molecule has 6 nitrogen and oxygen atoms in total. The third kappa shape index (κ3) is 6.43. The second-order valence-electron chi connectivity index (χ2n) is 8.79. The molecule has 0 spiro atoms. The summed E-state index contributed by atoms with van der Waals surface area (Å²) in [6, 6.07) is 5.72. The summed E-state index contributed by atoms with van der Waals surface area (Å²) in [5.41, 5.74) is -2.76. The van der Waals surface area contributed by atoms with Gasteiger partial charge >= 0.3 is 66.8 Å². The SMILES string of the molecule is O=S(=O)(O/C(=C(/OS(=O)(=O)C(F)(F)C(F)(F)C(F)(F)C(F)(F)F)c1ccccc1)c1ccccc1)C(F)(F)C(F)(F)C(F)(F)C(F)(F)F. The van der Waals surface area contributed by atoms with Gasteiger partial charge in [0.1, 0.15) is 0 Å². The maximum atomic E-state index is 14.4. The van der Waals surface area contributed by atoms with Gasteiger partial charge in [0, 0.05) is 11.1 Å². The van der Waals surface area contributed by atoms with Gasteiger partial charge in [0.2, 0.25) is 0 Å². The average molecular weight is 776 g/mol. The average Bonchev–Trinajstić information content (AvgIpc) is 2.94. The Kier molecular flexibility index (Phi) is 10.2. The van der Waals surface area contributed by atoms with Gasteiger partial charge in [0.05, 0.1) is 0 Å². The molecule has 0 aliphatic heterocycles. The van der Waals surface area contributed by atoms with Crippen molar-refractivity contribution in [2.24, 2.45) is 0 Å². The van der Waals surface area contributed by atoms with E-state index in [2.05, 4.69) is 8.37 Å². The molecule has 0 bridgehead atoms. The predicted octanol–water partition coefficient (Wildman–Crippen LogP) is 8.06. The van der Waals surface area contributed by atoms with E-state index in [1.165, 1.54) is 0 Å². The number of rotatable bonds is 12. The van der Waals surface area contributed by atoms with Crippen molar-refractivity contribution < 1.29 is 104 Å². The zero-order chi connectivity index (χ0) is 37.8. The molecule has 0 aliphatic rings. The number of benzene rings is 2. The van der Waals surface area contributed by atoms with E-state index in [0.29, 0.717) is 48.5 Å². The lowest BCUT2D eigenvalue weighted by molar-refractivity contribution is -0.382. The van der Waals surface area contributed by atoms with E-state index in [4.69, 9.17) is 0 Å². The topological polar surface area (TPSA) is 86.7 Å². The minimum Gasteiger partial charge on any atom is -0.373 e. The van der Waals surface area contributed by atoms with Gasteiger partial charge in [-0.1, -0.05) is 60.7 Å². The van der Waals surface area contributed by atoms with Crippen LogP contribution >= 0.6 is 0 Å². The molecule has 0 saturated heterocycles. The Morgan fingerprint density at radius 2 is 0.625 bits per heavy atom. The fraction of sp³-hybridized carbons (Fsp3) is 0.364. The quantitative estimate of drug-likeness (QED) is 0.0939. The molecule has 2 aromatic carbocycles. The molecule has 0 atom stereocenters. The molecule has 0 radical (unpaired) electrons. The molecule has 0 N–H and O–H groups in total. The number of hydrogen-bond acceptors (Lipinski definition) is 6. The van der Waals surface area contributed by atoms with E-state index in [1.807, 2.05) is 0 Å². The molecule has 0 aliphatic carbocycles. The van der Waals surface area contributed by atoms with E-state index in [0.717, 1.165) is 12.1 Å². The van der Waals surface area contributed by atoms with Crippen molar-refractivity contribution in [2.45, 2.75) is 46.6 Å². The highest BCUT2D eigenvalue weighted by Gasteiger charge is 2.87. The molecule has 2 rings (SSSR count). The van der Waals surface area contributed by atoms with Crippen LogP contribution in [0, 0.1) is 0 Å². The van der Waals surface area contributed by atoms with Crippen LogP contribution in [0.4, 0.5) is 79.0 Å². The third-order valence-corrected chi connectivity index (χ3v) is 8.06. The summed E-state index contributed by atoms with van der Waals surface area (Å²) in [5, 5.41) is -15.5. The fourth-order valence-electron chi connectivity index (χ4n) is 2.97. The molecular weight excluding hydrogens is 766 g/mol. The minimum absolute atomic E-state index is 0.328. The van der Waals surface area contributed by atoms with E-state index in [-0.39, 0.29) is 0 Å². The summed E-state index contributed by atoms with van der Waals surface area (Å²) in [7, 11) is -16.2. The highest BCUT2D eigenvalue weighted by molar-refractivity contribution is 7.88. The van der Waals surface area contributed by atoms with Gasteiger partial charge in [-0.25, -0.2) is 0 Å². The molecular formula is C22H10F18O6S2. The van der Waals surface area contributed by atoms with Gasteiger partial charge in [-0.05, 0) is 0 Å². The van der Waals surface area contributed by atoms with Crippen LogP contribution in [0.3, 0.4) is 0 Å². The van der Waals surface area contributed by atoms with Crippen LogP contribution in [0.2, 0.25) is 0 Å². The molecule has 0 amide bonds. The van der Waals surface area contributed by atoms with Crippen molar-refractivity contribution >= 4 is 31.8 Å². The molecule has 0 aromatic heterocycles. The van der Waals surface area contributed by atoms with Crippen LogP contribution in [0.5, 0.6) is 0 Å². The van der Waals surface area contributed by atoms with Crippen LogP contribution in [0.15, 0.2) is 60.7 Å². The Hall–Kier alpha value is -3.58. The Bertz CT molecular complexity index is 1590. The van der Waals surface area contributed by atoms with Gasteiger partial charge in [-0.2, -0.15) is 95.9 Å². The zero-order valence-corrected chi connectivity index (χ0v) is 23.5. The van der Waals surface area contributed by atoms with Crippen LogP contribution in [-0.4, -0.2) is 63.4 Å². The van der Waals surface area contributed by atoms with Gasteiger partial charge < -0.3 is 8.37 Å². The van der Waals surface area contributed by atoms with Crippen molar-refractivity contribution in [2.75, 3.05) is 0 Å². The predicted molar refractivity (Wildman–Crippen MR) is 121 cm³/mol. The second-order valence-corrected chi connectivity index (χ2v) is 12.0. The first-order valence-electron chi connectivity index (χ1n) is 11.3. The largest absolute Gasteiger partial charge is 0.460 e. The number of halogens is 18. The maximum absolute atomic E-state index is 14.4. The smallest absolute Gasteiger partial charge is 0.373 e. The van der Waals surface area contributed by atoms with Crippen LogP contribution in [0.1, 0.15) is 11.1 Å². The normalized spacial score (nSPS) is 15.5. The lowest BCUT2D eigenvalue weighted by Crippen LogP contribution is -2.63. The Morgan fingerprint density at radius 3 is 0.833 bits per heavy atom. The van der Waals surface area contributed by atoms with Crippen molar-refractivity contribution in [1.82, 2.24) is 0 Å². The summed E-state index contributed by atoms with van der Waals surface area (Å²) in [6.07, 6.45) is -15.2. The second kappa shape index (κ2) is 12.1. The molecule has 48 heavy (non-hydrogen) atoms. The van der Waals surface area contributed by atoms with Crippen molar-refractivity contribution in [3.63, 3.8) is 0 Å². The van der Waals surface area contributed by atoms with Crippen LogP contribution in [-0.2, 0) is 28.6 Å². The molecule has 2 aromatic rings. The first-order valence-corrected chi connectivity index (χ1v) is 14.1. The lowest BCUT2D eigenvalue weighted by atomic mass is 10.1. The first-order chi connectivity index (χ1) is 21.2. The Balaban J connectivity index is 3.01. The standard InChI is InChI=1S/C22H10F18O6S2/c23-15(24,19(31,32)33)17(27,28)21(37,38)47(41,42)45-13(11-7-3-1-4-8-11)14(12-9-5-2-6-10-12)46-48(43,44)22(39,40)18(29,30)16(25,26)20(34,35)36/h1-10H/b14-13+. The molecule has 272 valence electrons. The van der Waals surface area contributed by atoms with Crippen molar-refractivity contribution in [3.05, 3.63) is 71.8 Å². The Morgan fingerprint density at radius 1 is 0.396 bits per heavy atom. The number of hydrogen-bond donors (Lipinski definition) is 0. The summed E-state index contributed by atoms with van der Waals surface area (Å²) in [6.45, 7) is 0. The van der Waals surface area contributed by atoms with Gasteiger partial charge in [0.25, 0.3) is 0 Å². The third-order valence-electron chi connectivity index (χ3n) is 5.52. The monoisotopic (exact) mass is 776 g/mol. The van der Waals surface area contributed by atoms with E-state index in [1.54, 1.807) is 0 Å². The maximum Gasteiger partial charge on any atom is 0.460 e. The van der Waals surface area contributed by atoms with Crippen LogP contribution < -0.4 is 0 Å². The summed E-state index contributed by atoms with van der Waals surface area (Å²) < 4.78 is 298. The fourth-order valence-corrected chi connectivity index (χ4v) is 4.85. The summed E-state index contributed by atoms with van der Waals surface area (Å²) in [4.78, 5) is 0. The van der Waals surface area contributed by atoms with Crippen molar-refractivity contribution in [1.29, 1.82) is 0 Å². The summed E-state index contributed by atoms with van der Waals surface area (Å²) >= 11 is 0. The lowest BCUT2D eigenvalue weighted by Gasteiger charge is -2.33. The van der Waals surface area contributed by atoms with Gasteiger partial charge in [-0.3, -0.25) is 0 Å². The summed E-state index contributed by atoms with van der Waals surface area (Å²) in [5.74, 6) is -36.9. The van der Waals surface area contributed by atoms with E-state index >= 15 is 0 Å². The highest BCUT2D eigenvalue weighted by atomic mass is 32.2. The highest BCUT2D eigenvalue weighted by Crippen LogP contribution is 2.57. The van der Waals surface area contributed by atoms with Gasteiger partial charge in [0.15, 0.2) is 11.5 Å². The van der Waals surface area contributed by atoms with Crippen LogP contribution in [0.25, 0.3) is 11.5 Å². The molecule has 0 heterocycles. The van der Waals surface area contributed by atoms with Gasteiger partial charge in [-0.15, -0.1) is 0 Å². The van der Waals surface area contributed by atoms with Crippen molar-refractivity contribution in [3.8, 4) is 0 Å². The minimum atomic E-state index is -8.12.